The SMILES string of the molecule is CCOC(=O)c1sc(-c2cc(C#N)c(O)c(OCC)c2)nc1C. The summed E-state index contributed by atoms with van der Waals surface area (Å²) in [5.41, 5.74) is 1.26. The van der Waals surface area contributed by atoms with E-state index in [2.05, 4.69) is 4.98 Å². The molecule has 0 bridgehead atoms. The van der Waals surface area contributed by atoms with E-state index in [0.29, 0.717) is 27.7 Å². The van der Waals surface area contributed by atoms with E-state index in [0.717, 1.165) is 0 Å². The van der Waals surface area contributed by atoms with Crippen LogP contribution in [-0.2, 0) is 4.74 Å². The molecule has 0 aliphatic carbocycles. The van der Waals surface area contributed by atoms with Crippen LogP contribution < -0.4 is 4.74 Å². The number of carbonyl (C=O) groups is 1. The third-order valence-electron chi connectivity index (χ3n) is 3.00. The average Bonchev–Trinajstić information content (AvgIpc) is 2.92. The van der Waals surface area contributed by atoms with Gasteiger partial charge in [-0.3, -0.25) is 0 Å². The molecular formula is C16H16N2O4S. The number of hydrogen-bond donors (Lipinski definition) is 1. The lowest BCUT2D eigenvalue weighted by Crippen LogP contribution is -2.03. The predicted octanol–water partition coefficient (Wildman–Crippen LogP) is 3.27. The third-order valence-corrected chi connectivity index (χ3v) is 4.19. The first-order valence-corrected chi connectivity index (χ1v) is 7.88. The van der Waals surface area contributed by atoms with Gasteiger partial charge in [-0.15, -0.1) is 11.3 Å². The van der Waals surface area contributed by atoms with Gasteiger partial charge in [-0.25, -0.2) is 9.78 Å². The molecular weight excluding hydrogens is 316 g/mol. The van der Waals surface area contributed by atoms with Crippen molar-refractivity contribution in [2.24, 2.45) is 0 Å². The standard InChI is InChI=1S/C16H16N2O4S/c1-4-21-12-7-10(6-11(8-17)13(12)19)15-18-9(3)14(23-15)16(20)22-5-2/h6-7,19H,4-5H2,1-3H3. The van der Waals surface area contributed by atoms with Gasteiger partial charge in [-0.2, -0.15) is 5.26 Å². The van der Waals surface area contributed by atoms with Crippen LogP contribution in [0.2, 0.25) is 0 Å². The predicted molar refractivity (Wildman–Crippen MR) is 85.8 cm³/mol. The van der Waals surface area contributed by atoms with Crippen LogP contribution in [0.25, 0.3) is 10.6 Å². The molecule has 23 heavy (non-hydrogen) atoms. The molecule has 0 unspecified atom stereocenters. The highest BCUT2D eigenvalue weighted by Gasteiger charge is 2.19. The van der Waals surface area contributed by atoms with E-state index in [9.17, 15) is 9.90 Å². The van der Waals surface area contributed by atoms with Gasteiger partial charge >= 0.3 is 5.97 Å². The van der Waals surface area contributed by atoms with Gasteiger partial charge in [0.1, 0.15) is 16.0 Å². The zero-order chi connectivity index (χ0) is 17.0. The summed E-state index contributed by atoms with van der Waals surface area (Å²) in [5.74, 6) is -0.401. The number of aryl methyl sites for hydroxylation is 1. The molecule has 0 amide bonds. The summed E-state index contributed by atoms with van der Waals surface area (Å²) in [6.07, 6.45) is 0. The van der Waals surface area contributed by atoms with E-state index in [1.54, 1.807) is 26.8 Å². The van der Waals surface area contributed by atoms with Gasteiger partial charge in [0.2, 0.25) is 0 Å². The molecule has 2 aromatic rings. The van der Waals surface area contributed by atoms with Crippen molar-refractivity contribution in [2.75, 3.05) is 13.2 Å². The highest BCUT2D eigenvalue weighted by molar-refractivity contribution is 7.17. The molecule has 120 valence electrons. The fourth-order valence-electron chi connectivity index (χ4n) is 1.99. The fraction of sp³-hybridized carbons (Fsp3) is 0.312. The Bertz CT molecular complexity index is 777. The molecule has 6 nitrogen and oxygen atoms in total. The van der Waals surface area contributed by atoms with Crippen molar-refractivity contribution in [1.29, 1.82) is 5.26 Å². The van der Waals surface area contributed by atoms with Crippen molar-refractivity contribution >= 4 is 17.3 Å². The molecule has 1 aromatic carbocycles. The Morgan fingerprint density at radius 2 is 2.13 bits per heavy atom. The van der Waals surface area contributed by atoms with E-state index in [4.69, 9.17) is 14.7 Å². The topological polar surface area (TPSA) is 92.4 Å². The zero-order valence-electron chi connectivity index (χ0n) is 13.0. The Labute approximate surface area is 137 Å². The number of thiazole rings is 1. The van der Waals surface area contributed by atoms with E-state index in [1.165, 1.54) is 17.4 Å². The maximum absolute atomic E-state index is 11.9. The van der Waals surface area contributed by atoms with E-state index in [-0.39, 0.29) is 23.7 Å². The quantitative estimate of drug-likeness (QED) is 0.845. The molecule has 0 saturated heterocycles. The monoisotopic (exact) mass is 332 g/mol. The number of benzene rings is 1. The maximum Gasteiger partial charge on any atom is 0.350 e. The van der Waals surface area contributed by atoms with Gasteiger partial charge in [-0.1, -0.05) is 0 Å². The number of aromatic hydroxyl groups is 1. The van der Waals surface area contributed by atoms with Gasteiger partial charge in [-0.05, 0) is 32.9 Å². The molecule has 0 saturated carbocycles. The second-order valence-electron chi connectivity index (χ2n) is 4.57. The van der Waals surface area contributed by atoms with E-state index in [1.807, 2.05) is 6.07 Å². The van der Waals surface area contributed by atoms with Gasteiger partial charge in [0.15, 0.2) is 11.5 Å². The Kier molecular flexibility index (Phi) is 5.19. The van der Waals surface area contributed by atoms with Crippen molar-refractivity contribution < 1.29 is 19.4 Å². The Morgan fingerprint density at radius 3 is 2.74 bits per heavy atom. The maximum atomic E-state index is 11.9. The Hall–Kier alpha value is -2.59. The minimum atomic E-state index is -0.418. The molecule has 0 aliphatic rings. The largest absolute Gasteiger partial charge is 0.503 e. The van der Waals surface area contributed by atoms with E-state index >= 15 is 0 Å². The number of ether oxygens (including phenoxy) is 2. The van der Waals surface area contributed by atoms with Crippen molar-refractivity contribution in [1.82, 2.24) is 4.98 Å². The van der Waals surface area contributed by atoms with Crippen LogP contribution in [0.5, 0.6) is 11.5 Å². The molecule has 1 heterocycles. The number of hydrogen-bond acceptors (Lipinski definition) is 7. The fourth-order valence-corrected chi connectivity index (χ4v) is 2.94. The molecule has 1 N–H and O–H groups in total. The van der Waals surface area contributed by atoms with Crippen molar-refractivity contribution in [3.63, 3.8) is 0 Å². The number of nitriles is 1. The first-order valence-electron chi connectivity index (χ1n) is 7.06. The molecule has 7 heteroatoms. The Balaban J connectivity index is 2.50. The van der Waals surface area contributed by atoms with Gasteiger partial charge in [0, 0.05) is 5.56 Å². The van der Waals surface area contributed by atoms with Gasteiger partial charge in [0.25, 0.3) is 0 Å². The smallest absolute Gasteiger partial charge is 0.350 e. The Morgan fingerprint density at radius 1 is 1.39 bits per heavy atom. The van der Waals surface area contributed by atoms with Crippen LogP contribution in [0, 0.1) is 18.3 Å². The number of carbonyl (C=O) groups excluding carboxylic acids is 1. The highest BCUT2D eigenvalue weighted by Crippen LogP contribution is 2.37. The molecule has 0 fully saturated rings. The van der Waals surface area contributed by atoms with Crippen LogP contribution in [0.15, 0.2) is 12.1 Å². The second-order valence-corrected chi connectivity index (χ2v) is 5.57. The van der Waals surface area contributed by atoms with Gasteiger partial charge in [0.05, 0.1) is 24.5 Å². The van der Waals surface area contributed by atoms with Crippen LogP contribution in [0.3, 0.4) is 0 Å². The van der Waals surface area contributed by atoms with Crippen molar-refractivity contribution in [2.45, 2.75) is 20.8 Å². The lowest BCUT2D eigenvalue weighted by Gasteiger charge is -2.08. The van der Waals surface area contributed by atoms with Crippen molar-refractivity contribution in [3.8, 4) is 28.1 Å². The number of nitrogens with zero attached hydrogens (tertiary/aromatic N) is 2. The molecule has 1 aromatic heterocycles. The van der Waals surface area contributed by atoms with Gasteiger partial charge < -0.3 is 14.6 Å². The number of esters is 1. The summed E-state index contributed by atoms with van der Waals surface area (Å²) < 4.78 is 10.3. The number of aromatic nitrogens is 1. The van der Waals surface area contributed by atoms with Crippen LogP contribution >= 0.6 is 11.3 Å². The van der Waals surface area contributed by atoms with E-state index < -0.39 is 5.97 Å². The summed E-state index contributed by atoms with van der Waals surface area (Å²) in [4.78, 5) is 16.7. The summed E-state index contributed by atoms with van der Waals surface area (Å²) in [5, 5.41) is 19.7. The second kappa shape index (κ2) is 7.11. The van der Waals surface area contributed by atoms with Crippen molar-refractivity contribution in [3.05, 3.63) is 28.3 Å². The summed E-state index contributed by atoms with van der Waals surface area (Å²) in [7, 11) is 0. The average molecular weight is 332 g/mol. The lowest BCUT2D eigenvalue weighted by atomic mass is 10.1. The number of phenolic OH excluding ortho intramolecular Hbond substituents is 1. The molecule has 0 aliphatic heterocycles. The molecule has 0 radical (unpaired) electrons. The first kappa shape index (κ1) is 16.8. The lowest BCUT2D eigenvalue weighted by molar-refractivity contribution is 0.0531. The van der Waals surface area contributed by atoms with Crippen LogP contribution in [0.4, 0.5) is 0 Å². The highest BCUT2D eigenvalue weighted by atomic mass is 32.1. The minimum absolute atomic E-state index is 0.0940. The zero-order valence-corrected chi connectivity index (χ0v) is 13.9. The minimum Gasteiger partial charge on any atom is -0.503 e. The van der Waals surface area contributed by atoms with Crippen LogP contribution in [0.1, 0.15) is 34.8 Å². The normalized spacial score (nSPS) is 10.2. The number of phenols is 1. The summed E-state index contributed by atoms with van der Waals surface area (Å²) in [6.45, 7) is 5.89. The molecule has 0 atom stereocenters. The summed E-state index contributed by atoms with van der Waals surface area (Å²) >= 11 is 1.18. The molecule has 2 rings (SSSR count). The number of rotatable bonds is 5. The molecule has 0 spiro atoms. The summed E-state index contributed by atoms with van der Waals surface area (Å²) in [6, 6.07) is 5.05. The third kappa shape index (κ3) is 3.43. The first-order chi connectivity index (χ1) is 11.0. The van der Waals surface area contributed by atoms with Crippen LogP contribution in [-0.4, -0.2) is 29.3 Å².